The van der Waals surface area contributed by atoms with E-state index >= 15 is 0 Å². The van der Waals surface area contributed by atoms with Crippen LogP contribution in [0.4, 0.5) is 0 Å². The molecular formula is C16H20N4O2. The smallest absolute Gasteiger partial charge is 0.328 e. The van der Waals surface area contributed by atoms with E-state index in [1.54, 1.807) is 6.08 Å². The molecule has 0 spiro atoms. The molecule has 0 amide bonds. The first-order valence-corrected chi connectivity index (χ1v) is 6.85. The van der Waals surface area contributed by atoms with E-state index in [4.69, 9.17) is 16.4 Å². The number of aliphatic carboxylic acids is 1. The highest BCUT2D eigenvalue weighted by molar-refractivity contribution is 5.82. The largest absolute Gasteiger partial charge is 0.480 e. The van der Waals surface area contributed by atoms with Crippen molar-refractivity contribution in [2.24, 2.45) is 15.8 Å². The number of allylic oxidation sites excluding steroid dienone is 1. The molecule has 0 aromatic heterocycles. The van der Waals surface area contributed by atoms with Crippen LogP contribution in [-0.4, -0.2) is 29.9 Å². The molecule has 1 aromatic rings. The summed E-state index contributed by atoms with van der Waals surface area (Å²) in [5.74, 6) is -0.975. The van der Waals surface area contributed by atoms with Crippen LogP contribution in [0.1, 0.15) is 18.4 Å². The van der Waals surface area contributed by atoms with Crippen LogP contribution in [-0.2, 0) is 4.79 Å². The third kappa shape index (κ3) is 5.70. The Morgan fingerprint density at radius 1 is 1.50 bits per heavy atom. The monoisotopic (exact) mass is 300 g/mol. The van der Waals surface area contributed by atoms with Crippen molar-refractivity contribution in [1.29, 1.82) is 5.53 Å². The zero-order valence-electron chi connectivity index (χ0n) is 12.3. The molecule has 116 valence electrons. The van der Waals surface area contributed by atoms with Crippen LogP contribution in [0, 0.1) is 5.53 Å². The van der Waals surface area contributed by atoms with Gasteiger partial charge in [0.05, 0.1) is 6.54 Å². The van der Waals surface area contributed by atoms with Crippen molar-refractivity contribution in [3.05, 3.63) is 40.3 Å². The van der Waals surface area contributed by atoms with Gasteiger partial charge in [0.25, 0.3) is 0 Å². The number of carboxylic acids is 1. The molecule has 22 heavy (non-hydrogen) atoms. The second-order valence-electron chi connectivity index (χ2n) is 4.66. The van der Waals surface area contributed by atoms with Gasteiger partial charge in [-0.05, 0) is 41.0 Å². The van der Waals surface area contributed by atoms with Crippen LogP contribution < -0.4 is 16.2 Å². The zero-order chi connectivity index (χ0) is 16.4. The molecule has 0 radical (unpaired) electrons. The van der Waals surface area contributed by atoms with Gasteiger partial charge >= 0.3 is 5.97 Å². The predicted molar refractivity (Wildman–Crippen MR) is 88.1 cm³/mol. The van der Waals surface area contributed by atoms with Gasteiger partial charge in [0, 0.05) is 12.4 Å². The first-order valence-electron chi connectivity index (χ1n) is 6.85. The van der Waals surface area contributed by atoms with Crippen molar-refractivity contribution in [2.45, 2.75) is 18.9 Å². The lowest BCUT2D eigenvalue weighted by atomic mass is 10.1. The minimum Gasteiger partial charge on any atom is -0.480 e. The van der Waals surface area contributed by atoms with E-state index in [9.17, 15) is 4.79 Å². The normalized spacial score (nSPS) is 13.7. The molecule has 1 aromatic carbocycles. The zero-order valence-corrected chi connectivity index (χ0v) is 12.3. The number of benzene rings is 1. The number of carbonyl (C=O) groups is 1. The van der Waals surface area contributed by atoms with Crippen LogP contribution in [0.3, 0.4) is 0 Å². The molecule has 1 atom stereocenters. The number of carboxylic acid groups (broad SMARTS) is 1. The highest BCUT2D eigenvalue weighted by Crippen LogP contribution is 2.03. The summed E-state index contributed by atoms with van der Waals surface area (Å²) in [5.41, 5.74) is 13.1. The molecule has 0 bridgehead atoms. The van der Waals surface area contributed by atoms with E-state index in [-0.39, 0.29) is 0 Å². The molecule has 0 aliphatic heterocycles. The molecule has 0 heterocycles. The summed E-state index contributed by atoms with van der Waals surface area (Å²) in [6.07, 6.45) is 7.37. The molecule has 0 aliphatic rings. The maximum atomic E-state index is 11.0. The van der Waals surface area contributed by atoms with Gasteiger partial charge in [-0.3, -0.25) is 4.99 Å². The summed E-state index contributed by atoms with van der Waals surface area (Å²) in [6, 6.07) is 4.84. The Morgan fingerprint density at radius 2 is 2.27 bits per heavy atom. The maximum absolute atomic E-state index is 11.0. The van der Waals surface area contributed by atoms with Crippen molar-refractivity contribution in [3.8, 4) is 0 Å². The van der Waals surface area contributed by atoms with Crippen LogP contribution in [0.25, 0.3) is 18.9 Å². The average Bonchev–Trinajstić information content (AvgIpc) is 2.49. The maximum Gasteiger partial charge on any atom is 0.328 e. The molecule has 1 rings (SSSR count). The Balaban J connectivity index is 2.69. The van der Waals surface area contributed by atoms with Crippen molar-refractivity contribution in [2.75, 3.05) is 6.54 Å². The Kier molecular flexibility index (Phi) is 7.25. The molecule has 6 heteroatoms. The third-order valence-electron chi connectivity index (χ3n) is 3.02. The van der Waals surface area contributed by atoms with Gasteiger partial charge in [-0.25, -0.2) is 10.3 Å². The lowest BCUT2D eigenvalue weighted by Gasteiger charge is -2.04. The molecule has 1 unspecified atom stereocenters. The molecule has 6 nitrogen and oxygen atoms in total. The third-order valence-corrected chi connectivity index (χ3v) is 3.02. The van der Waals surface area contributed by atoms with Gasteiger partial charge in [0.1, 0.15) is 6.04 Å². The second-order valence-corrected chi connectivity index (χ2v) is 4.66. The standard InChI is InChI=1S/C16H20N4O2/c1-12-10-13(6-7-14(12)11-17)4-2-8-19-15(16(21)22)5-3-9-20-18/h2,4,6-8,10-11,15,18H,1,3,5,9,17H2,(H,21,22)/b4-2+,14-11-,19-8?,20-18?. The van der Waals surface area contributed by atoms with E-state index in [0.717, 1.165) is 16.0 Å². The predicted octanol–water partition coefficient (Wildman–Crippen LogP) is 1.14. The van der Waals surface area contributed by atoms with Gasteiger partial charge in [-0.1, -0.05) is 24.8 Å². The van der Waals surface area contributed by atoms with E-state index in [0.29, 0.717) is 19.4 Å². The SMILES string of the molecule is C=c1cc(/C=C/C=NC(CCCN=N)C(=O)O)cc/c1=C/N. The summed E-state index contributed by atoms with van der Waals surface area (Å²) >= 11 is 0. The topological polar surface area (TPSA) is 112 Å². The highest BCUT2D eigenvalue weighted by Gasteiger charge is 2.13. The number of nitrogens with two attached hydrogens (primary N) is 1. The minimum atomic E-state index is -0.975. The summed E-state index contributed by atoms with van der Waals surface area (Å²) < 4.78 is 0. The molecule has 0 saturated carbocycles. The lowest BCUT2D eigenvalue weighted by molar-refractivity contribution is -0.138. The van der Waals surface area contributed by atoms with Gasteiger partial charge in [0.15, 0.2) is 0 Å². The Hall–Kier alpha value is -2.76. The second kappa shape index (κ2) is 9.23. The molecule has 0 aliphatic carbocycles. The van der Waals surface area contributed by atoms with Crippen molar-refractivity contribution < 1.29 is 9.90 Å². The van der Waals surface area contributed by atoms with Gasteiger partial charge < -0.3 is 10.8 Å². The van der Waals surface area contributed by atoms with Gasteiger partial charge in [0.2, 0.25) is 0 Å². The quantitative estimate of drug-likeness (QED) is 0.380. The van der Waals surface area contributed by atoms with Crippen LogP contribution in [0.5, 0.6) is 0 Å². The van der Waals surface area contributed by atoms with E-state index in [2.05, 4.69) is 16.7 Å². The first kappa shape index (κ1) is 17.3. The number of hydrogen-bond acceptors (Lipinski definition) is 5. The fraction of sp³-hybridized carbons (Fsp3) is 0.250. The van der Waals surface area contributed by atoms with Crippen molar-refractivity contribution in [3.63, 3.8) is 0 Å². The summed E-state index contributed by atoms with van der Waals surface area (Å²) in [4.78, 5) is 15.0. The number of nitrogens with zero attached hydrogens (tertiary/aromatic N) is 2. The van der Waals surface area contributed by atoms with E-state index in [1.165, 1.54) is 12.4 Å². The lowest BCUT2D eigenvalue weighted by Crippen LogP contribution is -2.24. The van der Waals surface area contributed by atoms with Gasteiger partial charge in [-0.2, -0.15) is 5.11 Å². The summed E-state index contributed by atoms with van der Waals surface area (Å²) in [5, 5.41) is 13.9. The van der Waals surface area contributed by atoms with Crippen molar-refractivity contribution >= 4 is 31.0 Å². The first-order chi connectivity index (χ1) is 10.6. The number of hydrogen-bond donors (Lipinski definition) is 3. The Bertz CT molecular complexity index is 680. The number of aliphatic imine (C=N–C) groups is 1. The van der Waals surface area contributed by atoms with Crippen LogP contribution in [0.2, 0.25) is 0 Å². The van der Waals surface area contributed by atoms with Crippen molar-refractivity contribution in [1.82, 2.24) is 0 Å². The number of nitrogens with one attached hydrogen (secondary N) is 1. The van der Waals surface area contributed by atoms with Crippen LogP contribution >= 0.6 is 0 Å². The fourth-order valence-corrected chi connectivity index (χ4v) is 1.83. The van der Waals surface area contributed by atoms with E-state index < -0.39 is 12.0 Å². The average molecular weight is 300 g/mol. The van der Waals surface area contributed by atoms with Crippen LogP contribution in [0.15, 0.2) is 34.4 Å². The minimum absolute atomic E-state index is 0.325. The Morgan fingerprint density at radius 3 is 2.86 bits per heavy atom. The fourth-order valence-electron chi connectivity index (χ4n) is 1.83. The summed E-state index contributed by atoms with van der Waals surface area (Å²) in [6.45, 7) is 4.22. The van der Waals surface area contributed by atoms with Gasteiger partial charge in [-0.15, -0.1) is 0 Å². The highest BCUT2D eigenvalue weighted by atomic mass is 16.4. The molecule has 0 fully saturated rings. The summed E-state index contributed by atoms with van der Waals surface area (Å²) in [7, 11) is 0. The molecule has 0 saturated heterocycles. The van der Waals surface area contributed by atoms with E-state index in [1.807, 2.05) is 24.3 Å². The number of rotatable bonds is 8. The molecular weight excluding hydrogens is 280 g/mol. The molecule has 4 N–H and O–H groups in total. The Labute approximate surface area is 128 Å².